The van der Waals surface area contributed by atoms with Gasteiger partial charge in [-0.3, -0.25) is 4.79 Å². The van der Waals surface area contributed by atoms with Gasteiger partial charge < -0.3 is 20.5 Å². The first-order chi connectivity index (χ1) is 12.2. The number of aliphatic hydroxyl groups excluding tert-OH is 1. The second kappa shape index (κ2) is 9.87. The second-order valence-corrected chi connectivity index (χ2v) is 6.96. The molecule has 0 radical (unpaired) electrons. The number of nitrogens with zero attached hydrogens (tertiary/aromatic N) is 1. The number of carbonyl (C=O) groups is 1. The fraction of sp³-hybridized carbons (Fsp3) is 0.444. The molecule has 1 aromatic heterocycles. The van der Waals surface area contributed by atoms with E-state index >= 15 is 0 Å². The summed E-state index contributed by atoms with van der Waals surface area (Å²) in [6, 6.07) is 7.74. The summed E-state index contributed by atoms with van der Waals surface area (Å²) in [7, 11) is 0. The molecule has 1 aliphatic heterocycles. The summed E-state index contributed by atoms with van der Waals surface area (Å²) in [6.45, 7) is 4.52. The summed E-state index contributed by atoms with van der Waals surface area (Å²) in [4.78, 5) is 16.7. The number of amides is 1. The molecule has 26 heavy (non-hydrogen) atoms. The number of hydrogen-bond acceptors (Lipinski definition) is 6. The Labute approximate surface area is 163 Å². The Balaban J connectivity index is 0.00000243. The molecule has 6 nitrogen and oxygen atoms in total. The van der Waals surface area contributed by atoms with Crippen LogP contribution >= 0.6 is 23.7 Å². The van der Waals surface area contributed by atoms with Crippen molar-refractivity contribution in [3.63, 3.8) is 0 Å². The van der Waals surface area contributed by atoms with Crippen molar-refractivity contribution in [3.05, 3.63) is 35.3 Å². The molecule has 3 rings (SSSR count). The standard InChI is InChI=1S/C18H23N3O3S.ClH/c1-2-7-24-14-5-3-12(4-6-14)18-21-15(11-25-18)17(23)20-9-13-8-19-10-16(13)22;/h3-6,11,13,16,19,22H,2,7-10H2,1H3,(H,20,23);1H. The van der Waals surface area contributed by atoms with Gasteiger partial charge in [0.15, 0.2) is 0 Å². The smallest absolute Gasteiger partial charge is 0.270 e. The van der Waals surface area contributed by atoms with E-state index in [2.05, 4.69) is 22.5 Å². The van der Waals surface area contributed by atoms with Gasteiger partial charge in [-0.15, -0.1) is 23.7 Å². The lowest BCUT2D eigenvalue weighted by molar-refractivity contribution is 0.0923. The molecule has 2 atom stereocenters. The van der Waals surface area contributed by atoms with Crippen LogP contribution in [-0.4, -0.2) is 48.3 Å². The first-order valence-electron chi connectivity index (χ1n) is 8.53. The van der Waals surface area contributed by atoms with Crippen LogP contribution in [0.25, 0.3) is 10.6 Å². The van der Waals surface area contributed by atoms with Gasteiger partial charge in [0.1, 0.15) is 16.5 Å². The molecule has 0 saturated carbocycles. The van der Waals surface area contributed by atoms with Gasteiger partial charge in [0, 0.05) is 36.5 Å². The zero-order chi connectivity index (χ0) is 17.6. The molecule has 2 heterocycles. The molecule has 2 unspecified atom stereocenters. The van der Waals surface area contributed by atoms with E-state index in [9.17, 15) is 9.90 Å². The average Bonchev–Trinajstić information content (AvgIpc) is 3.28. The fourth-order valence-electron chi connectivity index (χ4n) is 2.67. The topological polar surface area (TPSA) is 83.5 Å². The Morgan fingerprint density at radius 2 is 2.15 bits per heavy atom. The van der Waals surface area contributed by atoms with Crippen LogP contribution in [0.2, 0.25) is 0 Å². The van der Waals surface area contributed by atoms with Crippen LogP contribution < -0.4 is 15.4 Å². The van der Waals surface area contributed by atoms with Gasteiger partial charge in [-0.2, -0.15) is 0 Å². The molecule has 2 aromatic rings. The molecular formula is C18H24ClN3O3S. The number of halogens is 1. The number of rotatable bonds is 7. The summed E-state index contributed by atoms with van der Waals surface area (Å²) in [5.74, 6) is 0.686. The lowest BCUT2D eigenvalue weighted by Gasteiger charge is -2.13. The van der Waals surface area contributed by atoms with Crippen LogP contribution in [0, 0.1) is 5.92 Å². The highest BCUT2D eigenvalue weighted by molar-refractivity contribution is 7.13. The van der Waals surface area contributed by atoms with Crippen LogP contribution in [0.5, 0.6) is 5.75 Å². The van der Waals surface area contributed by atoms with Gasteiger partial charge in [0.25, 0.3) is 5.91 Å². The zero-order valence-electron chi connectivity index (χ0n) is 14.6. The minimum Gasteiger partial charge on any atom is -0.494 e. The minimum absolute atomic E-state index is 0. The van der Waals surface area contributed by atoms with Gasteiger partial charge in [0.05, 0.1) is 12.7 Å². The maximum Gasteiger partial charge on any atom is 0.270 e. The highest BCUT2D eigenvalue weighted by atomic mass is 35.5. The Kier molecular flexibility index (Phi) is 7.84. The van der Waals surface area contributed by atoms with Crippen molar-refractivity contribution in [3.8, 4) is 16.3 Å². The van der Waals surface area contributed by atoms with Crippen molar-refractivity contribution in [1.29, 1.82) is 0 Å². The quantitative estimate of drug-likeness (QED) is 0.667. The number of β-amino-alcohol motifs (C(OH)–C–C–N with tert-alkyl or cyclic N) is 1. The highest BCUT2D eigenvalue weighted by Crippen LogP contribution is 2.26. The largest absolute Gasteiger partial charge is 0.494 e. The lowest BCUT2D eigenvalue weighted by atomic mass is 10.1. The second-order valence-electron chi connectivity index (χ2n) is 6.11. The van der Waals surface area contributed by atoms with Gasteiger partial charge in [-0.1, -0.05) is 6.92 Å². The van der Waals surface area contributed by atoms with E-state index in [0.717, 1.165) is 29.3 Å². The van der Waals surface area contributed by atoms with E-state index in [1.54, 1.807) is 5.38 Å². The van der Waals surface area contributed by atoms with Crippen molar-refractivity contribution < 1.29 is 14.6 Å². The summed E-state index contributed by atoms with van der Waals surface area (Å²) < 4.78 is 5.57. The van der Waals surface area contributed by atoms with Crippen molar-refractivity contribution in [2.45, 2.75) is 19.4 Å². The molecule has 1 fully saturated rings. The minimum atomic E-state index is -0.403. The Morgan fingerprint density at radius 1 is 1.38 bits per heavy atom. The number of ether oxygens (including phenoxy) is 1. The molecule has 3 N–H and O–H groups in total. The number of hydrogen-bond donors (Lipinski definition) is 3. The summed E-state index contributed by atoms with van der Waals surface area (Å²) in [5, 5.41) is 18.3. The monoisotopic (exact) mass is 397 g/mol. The Bertz CT molecular complexity index is 708. The van der Waals surface area contributed by atoms with E-state index < -0.39 is 6.10 Å². The van der Waals surface area contributed by atoms with E-state index in [1.807, 2.05) is 24.3 Å². The molecule has 1 saturated heterocycles. The SMILES string of the molecule is CCCOc1ccc(-c2nc(C(=O)NCC3CNCC3O)cs2)cc1.Cl. The van der Waals surface area contributed by atoms with Gasteiger partial charge in [0.2, 0.25) is 0 Å². The normalized spacial score (nSPS) is 19.0. The van der Waals surface area contributed by atoms with Crippen molar-refractivity contribution in [1.82, 2.24) is 15.6 Å². The Morgan fingerprint density at radius 3 is 2.81 bits per heavy atom. The molecule has 0 aliphatic carbocycles. The third-order valence-corrected chi connectivity index (χ3v) is 5.03. The number of carbonyl (C=O) groups excluding carboxylic acids is 1. The molecule has 1 amide bonds. The van der Waals surface area contributed by atoms with Gasteiger partial charge in [-0.05, 0) is 30.7 Å². The third kappa shape index (κ3) is 5.17. The first kappa shape index (κ1) is 20.6. The molecule has 1 aromatic carbocycles. The van der Waals surface area contributed by atoms with Crippen molar-refractivity contribution >= 4 is 29.7 Å². The van der Waals surface area contributed by atoms with E-state index in [4.69, 9.17) is 4.74 Å². The maximum atomic E-state index is 12.2. The number of aromatic nitrogens is 1. The predicted octanol–water partition coefficient (Wildman–Crippen LogP) is 2.33. The van der Waals surface area contributed by atoms with Gasteiger partial charge >= 0.3 is 0 Å². The van der Waals surface area contributed by atoms with Crippen molar-refractivity contribution in [2.24, 2.45) is 5.92 Å². The van der Waals surface area contributed by atoms with Crippen LogP contribution in [-0.2, 0) is 0 Å². The fourth-order valence-corrected chi connectivity index (χ4v) is 3.47. The summed E-state index contributed by atoms with van der Waals surface area (Å²) >= 11 is 1.44. The maximum absolute atomic E-state index is 12.2. The van der Waals surface area contributed by atoms with Crippen molar-refractivity contribution in [2.75, 3.05) is 26.2 Å². The Hall–Kier alpha value is -1.67. The van der Waals surface area contributed by atoms with Crippen LogP contribution in [0.15, 0.2) is 29.6 Å². The highest BCUT2D eigenvalue weighted by Gasteiger charge is 2.25. The molecule has 1 aliphatic rings. The first-order valence-corrected chi connectivity index (χ1v) is 9.41. The van der Waals surface area contributed by atoms with E-state index in [1.165, 1.54) is 11.3 Å². The van der Waals surface area contributed by atoms with E-state index in [0.29, 0.717) is 25.4 Å². The summed E-state index contributed by atoms with van der Waals surface area (Å²) in [5.41, 5.74) is 1.37. The molecule has 0 spiro atoms. The predicted molar refractivity (Wildman–Crippen MR) is 105 cm³/mol. The lowest BCUT2D eigenvalue weighted by Crippen LogP contribution is -2.34. The molecular weight excluding hydrogens is 374 g/mol. The van der Waals surface area contributed by atoms with Crippen LogP contribution in [0.3, 0.4) is 0 Å². The number of thiazole rings is 1. The molecule has 142 valence electrons. The van der Waals surface area contributed by atoms with Crippen LogP contribution in [0.1, 0.15) is 23.8 Å². The van der Waals surface area contributed by atoms with Crippen LogP contribution in [0.4, 0.5) is 0 Å². The third-order valence-electron chi connectivity index (χ3n) is 4.14. The molecule has 8 heteroatoms. The number of nitrogens with one attached hydrogen (secondary N) is 2. The molecule has 0 bridgehead atoms. The number of benzene rings is 1. The van der Waals surface area contributed by atoms with Gasteiger partial charge in [-0.25, -0.2) is 4.98 Å². The van der Waals surface area contributed by atoms with E-state index in [-0.39, 0.29) is 24.2 Å². The number of aliphatic hydroxyl groups is 1. The average molecular weight is 398 g/mol. The zero-order valence-corrected chi connectivity index (χ0v) is 16.2. The summed E-state index contributed by atoms with van der Waals surface area (Å²) in [6.07, 6.45) is 0.570.